The summed E-state index contributed by atoms with van der Waals surface area (Å²) in [6.45, 7) is 2.21. The molecule has 2 atom stereocenters. The molecule has 0 aliphatic heterocycles. The normalized spacial score (nSPS) is 16.1. The highest BCUT2D eigenvalue weighted by Gasteiger charge is 2.31. The number of hydrogen-bond donors (Lipinski definition) is 1. The molecule has 1 amide bonds. The molecule has 0 saturated heterocycles. The third-order valence-electron chi connectivity index (χ3n) is 5.91. The van der Waals surface area contributed by atoms with Crippen molar-refractivity contribution in [2.75, 3.05) is 12.4 Å². The van der Waals surface area contributed by atoms with Crippen LogP contribution in [0.2, 0.25) is 0 Å². The van der Waals surface area contributed by atoms with Crippen LogP contribution in [0.5, 0.6) is 0 Å². The van der Waals surface area contributed by atoms with Gasteiger partial charge in [-0.25, -0.2) is 4.79 Å². The molecule has 0 fully saturated rings. The van der Waals surface area contributed by atoms with Gasteiger partial charge in [0.15, 0.2) is 0 Å². The molecule has 2 aromatic carbocycles. The Balaban J connectivity index is 1.66. The van der Waals surface area contributed by atoms with Gasteiger partial charge in [0.2, 0.25) is 5.91 Å². The molecule has 4 nitrogen and oxygen atoms in total. The molecule has 1 N–H and O–H groups in total. The Bertz CT molecular complexity index is 1080. The average molecular weight is 466 g/mol. The molecule has 1 aliphatic rings. The molecule has 166 valence electrons. The van der Waals surface area contributed by atoms with E-state index in [0.29, 0.717) is 16.5 Å². The van der Waals surface area contributed by atoms with Crippen LogP contribution in [-0.2, 0) is 22.4 Å². The molecule has 1 aromatic heterocycles. The van der Waals surface area contributed by atoms with Crippen LogP contribution in [0, 0.1) is 5.92 Å². The molecular formula is C26H27NO3S2. The van der Waals surface area contributed by atoms with E-state index in [1.807, 2.05) is 60.7 Å². The summed E-state index contributed by atoms with van der Waals surface area (Å²) in [7, 11) is 1.40. The van der Waals surface area contributed by atoms with Crippen molar-refractivity contribution in [3.05, 3.63) is 82.2 Å². The number of fused-ring (bicyclic) bond motifs is 1. The largest absolute Gasteiger partial charge is 0.465 e. The highest BCUT2D eigenvalue weighted by Crippen LogP contribution is 2.42. The van der Waals surface area contributed by atoms with Crippen LogP contribution in [0.4, 0.5) is 5.00 Å². The second kappa shape index (κ2) is 10.4. The van der Waals surface area contributed by atoms with Crippen molar-refractivity contribution in [3.63, 3.8) is 0 Å². The van der Waals surface area contributed by atoms with E-state index < -0.39 is 5.25 Å². The molecule has 1 aliphatic carbocycles. The second-order valence-corrected chi connectivity index (χ2v) is 10.2. The van der Waals surface area contributed by atoms with E-state index in [2.05, 4.69) is 12.2 Å². The summed E-state index contributed by atoms with van der Waals surface area (Å²) < 4.78 is 5.09. The number of benzene rings is 2. The topological polar surface area (TPSA) is 55.4 Å². The van der Waals surface area contributed by atoms with Crippen molar-refractivity contribution < 1.29 is 14.3 Å². The highest BCUT2D eigenvalue weighted by atomic mass is 32.2. The zero-order chi connectivity index (χ0) is 22.5. The minimum Gasteiger partial charge on any atom is -0.465 e. The summed E-state index contributed by atoms with van der Waals surface area (Å²) in [5.41, 5.74) is 2.51. The molecule has 0 unspecified atom stereocenters. The first kappa shape index (κ1) is 22.6. The van der Waals surface area contributed by atoms with Crippen LogP contribution in [0.3, 0.4) is 0 Å². The third kappa shape index (κ3) is 4.92. The lowest BCUT2D eigenvalue weighted by Gasteiger charge is -2.20. The molecule has 1 heterocycles. The Morgan fingerprint density at radius 3 is 2.47 bits per heavy atom. The molecule has 0 spiro atoms. The molecule has 3 aromatic rings. The molecule has 0 bridgehead atoms. The van der Waals surface area contributed by atoms with E-state index in [0.717, 1.165) is 41.7 Å². The minimum atomic E-state index is -0.438. The predicted molar refractivity (Wildman–Crippen MR) is 132 cm³/mol. The standard InChI is InChI=1S/C26H27NO3S2/c1-3-17-14-15-20-21(16-17)32-25(22(20)26(29)30-2)27-24(28)23(18-10-6-4-7-11-18)31-19-12-8-5-9-13-19/h4-13,17,23H,3,14-16H2,1-2H3,(H,27,28)/t17-,23-/m0/s1. The van der Waals surface area contributed by atoms with E-state index in [9.17, 15) is 9.59 Å². The van der Waals surface area contributed by atoms with Gasteiger partial charge in [0.25, 0.3) is 0 Å². The van der Waals surface area contributed by atoms with E-state index in [1.165, 1.54) is 35.1 Å². The number of ether oxygens (including phenoxy) is 1. The molecule has 0 saturated carbocycles. The van der Waals surface area contributed by atoms with Crippen molar-refractivity contribution in [1.29, 1.82) is 0 Å². The number of methoxy groups -OCH3 is 1. The number of anilines is 1. The van der Waals surface area contributed by atoms with Gasteiger partial charge in [0.05, 0.1) is 12.7 Å². The summed E-state index contributed by atoms with van der Waals surface area (Å²) in [5.74, 6) is 0.112. The summed E-state index contributed by atoms with van der Waals surface area (Å²) in [4.78, 5) is 28.4. The first-order valence-electron chi connectivity index (χ1n) is 10.9. The Morgan fingerprint density at radius 2 is 1.81 bits per heavy atom. The van der Waals surface area contributed by atoms with E-state index in [-0.39, 0.29) is 11.9 Å². The average Bonchev–Trinajstić information content (AvgIpc) is 3.19. The van der Waals surface area contributed by atoms with Crippen LogP contribution >= 0.6 is 23.1 Å². The zero-order valence-corrected chi connectivity index (χ0v) is 19.9. The number of amides is 1. The van der Waals surface area contributed by atoms with Crippen LogP contribution in [0.1, 0.15) is 51.4 Å². The quantitative estimate of drug-likeness (QED) is 0.319. The molecule has 4 rings (SSSR count). The number of rotatable bonds is 7. The lowest BCUT2D eigenvalue weighted by atomic mass is 9.85. The number of thioether (sulfide) groups is 1. The van der Waals surface area contributed by atoms with Crippen molar-refractivity contribution in [2.45, 2.75) is 42.8 Å². The lowest BCUT2D eigenvalue weighted by Crippen LogP contribution is -2.20. The Hall–Kier alpha value is -2.57. The van der Waals surface area contributed by atoms with Crippen molar-refractivity contribution >= 4 is 40.0 Å². The maximum absolute atomic E-state index is 13.5. The maximum atomic E-state index is 13.5. The first-order valence-corrected chi connectivity index (χ1v) is 12.6. The number of nitrogens with one attached hydrogen (secondary N) is 1. The van der Waals surface area contributed by atoms with Crippen molar-refractivity contribution in [2.24, 2.45) is 5.92 Å². The summed E-state index contributed by atoms with van der Waals surface area (Å²) >= 11 is 3.03. The van der Waals surface area contributed by atoms with Gasteiger partial charge >= 0.3 is 5.97 Å². The van der Waals surface area contributed by atoms with Gasteiger partial charge in [0, 0.05) is 9.77 Å². The highest BCUT2D eigenvalue weighted by molar-refractivity contribution is 8.00. The number of esters is 1. The van der Waals surface area contributed by atoms with E-state index in [1.54, 1.807) is 0 Å². The smallest absolute Gasteiger partial charge is 0.341 e. The number of hydrogen-bond acceptors (Lipinski definition) is 5. The molecular weight excluding hydrogens is 438 g/mol. The van der Waals surface area contributed by atoms with Gasteiger partial charge in [-0.3, -0.25) is 4.79 Å². The third-order valence-corrected chi connectivity index (χ3v) is 8.34. The van der Waals surface area contributed by atoms with Gasteiger partial charge < -0.3 is 10.1 Å². The fraction of sp³-hybridized carbons (Fsp3) is 0.308. The number of carbonyl (C=O) groups excluding carboxylic acids is 2. The SMILES string of the molecule is CC[C@H]1CCc2c(sc(NC(=O)[C@@H](Sc3ccccc3)c3ccccc3)c2C(=O)OC)C1. The number of carbonyl (C=O) groups is 2. The Labute approximate surface area is 197 Å². The molecule has 32 heavy (non-hydrogen) atoms. The van der Waals surface area contributed by atoms with E-state index in [4.69, 9.17) is 4.74 Å². The second-order valence-electron chi connectivity index (χ2n) is 7.93. The number of thiophene rings is 1. The Kier molecular flexibility index (Phi) is 7.33. The van der Waals surface area contributed by atoms with Crippen LogP contribution in [0.15, 0.2) is 65.6 Å². The van der Waals surface area contributed by atoms with Crippen molar-refractivity contribution in [1.82, 2.24) is 0 Å². The van der Waals surface area contributed by atoms with Gasteiger partial charge in [-0.05, 0) is 48.4 Å². The van der Waals surface area contributed by atoms with E-state index >= 15 is 0 Å². The van der Waals surface area contributed by atoms with Gasteiger partial charge in [-0.15, -0.1) is 23.1 Å². The minimum absolute atomic E-state index is 0.138. The summed E-state index contributed by atoms with van der Waals surface area (Å²) in [6.07, 6.45) is 3.99. The van der Waals surface area contributed by atoms with Crippen LogP contribution < -0.4 is 5.32 Å². The summed E-state index contributed by atoms with van der Waals surface area (Å²) in [6, 6.07) is 19.7. The van der Waals surface area contributed by atoms with Crippen molar-refractivity contribution in [3.8, 4) is 0 Å². The van der Waals surface area contributed by atoms with Gasteiger partial charge in [0.1, 0.15) is 10.3 Å². The summed E-state index contributed by atoms with van der Waals surface area (Å²) in [5, 5.41) is 3.26. The zero-order valence-electron chi connectivity index (χ0n) is 18.3. The molecule has 0 radical (unpaired) electrons. The fourth-order valence-electron chi connectivity index (χ4n) is 4.12. The van der Waals surface area contributed by atoms with Gasteiger partial charge in [-0.2, -0.15) is 0 Å². The van der Waals surface area contributed by atoms with Crippen LogP contribution in [0.25, 0.3) is 0 Å². The van der Waals surface area contributed by atoms with Gasteiger partial charge in [-0.1, -0.05) is 61.9 Å². The monoisotopic (exact) mass is 465 g/mol. The lowest BCUT2D eigenvalue weighted by molar-refractivity contribution is -0.115. The Morgan fingerprint density at radius 1 is 1.12 bits per heavy atom. The van der Waals surface area contributed by atoms with Crippen LogP contribution in [-0.4, -0.2) is 19.0 Å². The maximum Gasteiger partial charge on any atom is 0.341 e. The predicted octanol–water partition coefficient (Wildman–Crippen LogP) is 6.52. The first-order chi connectivity index (χ1) is 15.6. The fourth-order valence-corrected chi connectivity index (χ4v) is 6.52. The molecule has 6 heteroatoms.